The molecule has 7 nitrogen and oxygen atoms in total. The zero-order valence-electron chi connectivity index (χ0n) is 19.0. The van der Waals surface area contributed by atoms with Crippen molar-refractivity contribution in [3.63, 3.8) is 0 Å². The van der Waals surface area contributed by atoms with Gasteiger partial charge in [0.1, 0.15) is 18.5 Å². The van der Waals surface area contributed by atoms with E-state index in [1.165, 1.54) is 22.1 Å². The quantitative estimate of drug-likeness (QED) is 0.573. The minimum absolute atomic E-state index is 0.202. The summed E-state index contributed by atoms with van der Waals surface area (Å²) in [5.41, 5.74) is 4.66. The number of carbonyl (C=O) groups is 2. The Kier molecular flexibility index (Phi) is 4.84. The summed E-state index contributed by atoms with van der Waals surface area (Å²) in [6.45, 7) is 1.47. The van der Waals surface area contributed by atoms with Crippen molar-refractivity contribution in [2.45, 2.75) is 35.3 Å². The van der Waals surface area contributed by atoms with Crippen LogP contribution in [-0.4, -0.2) is 63.7 Å². The molecule has 5 atom stereocenters. The molecular formula is C27H25N3O4S. The van der Waals surface area contributed by atoms with Crippen LogP contribution in [0.2, 0.25) is 0 Å². The zero-order chi connectivity index (χ0) is 23.7. The van der Waals surface area contributed by atoms with Gasteiger partial charge in [-0.3, -0.25) is 14.6 Å². The summed E-state index contributed by atoms with van der Waals surface area (Å²) >= 11 is 1.80. The number of ether oxygens (including phenoxy) is 1. The molecule has 1 N–H and O–H groups in total. The lowest BCUT2D eigenvalue weighted by molar-refractivity contribution is -0.185. The minimum Gasteiger partial charge on any atom is -0.489 e. The number of thioether (sulfide) groups is 1. The summed E-state index contributed by atoms with van der Waals surface area (Å²) < 4.78 is 6.44. The van der Waals surface area contributed by atoms with Gasteiger partial charge >= 0.3 is 0 Å². The lowest BCUT2D eigenvalue weighted by Crippen LogP contribution is -2.68. The van der Waals surface area contributed by atoms with E-state index in [2.05, 4.69) is 29.3 Å². The molecule has 1 fully saturated rings. The first-order valence-corrected chi connectivity index (χ1v) is 13.0. The number of allylic oxidation sites excluding steroid dienone is 1. The van der Waals surface area contributed by atoms with Crippen molar-refractivity contribution in [2.75, 3.05) is 19.8 Å². The van der Waals surface area contributed by atoms with Crippen molar-refractivity contribution in [3.8, 4) is 5.75 Å². The Labute approximate surface area is 207 Å². The molecule has 5 aliphatic rings. The molecule has 4 heterocycles. The number of benzene rings is 2. The number of hydrogen-bond acceptors (Lipinski definition) is 7. The maximum absolute atomic E-state index is 13.6. The largest absolute Gasteiger partial charge is 0.489 e. The molecule has 0 spiro atoms. The van der Waals surface area contributed by atoms with Crippen molar-refractivity contribution in [3.05, 3.63) is 83.1 Å². The van der Waals surface area contributed by atoms with Crippen LogP contribution in [-0.2, 0) is 15.3 Å². The Balaban J connectivity index is 1.46. The fraction of sp³-hybridized carbons (Fsp3) is 0.333. The van der Waals surface area contributed by atoms with Gasteiger partial charge in [0, 0.05) is 41.0 Å². The van der Waals surface area contributed by atoms with E-state index in [9.17, 15) is 14.7 Å². The number of aliphatic hydroxyl groups excluding tert-OH is 1. The number of nitrogens with zero attached hydrogens (tertiary/aromatic N) is 3. The highest BCUT2D eigenvalue weighted by Crippen LogP contribution is 2.48. The van der Waals surface area contributed by atoms with Crippen LogP contribution in [0.4, 0.5) is 0 Å². The first-order valence-electron chi connectivity index (χ1n) is 12.0. The number of hydrazine groups is 1. The second kappa shape index (κ2) is 7.98. The number of amides is 1. The van der Waals surface area contributed by atoms with Gasteiger partial charge in [-0.25, -0.2) is 0 Å². The summed E-state index contributed by atoms with van der Waals surface area (Å²) in [5, 5.41) is 14.8. The predicted molar refractivity (Wildman–Crippen MR) is 130 cm³/mol. The van der Waals surface area contributed by atoms with Gasteiger partial charge < -0.3 is 14.7 Å². The van der Waals surface area contributed by atoms with Crippen LogP contribution in [0.25, 0.3) is 0 Å². The van der Waals surface area contributed by atoms with Crippen LogP contribution < -0.4 is 4.74 Å². The second-order valence-electron chi connectivity index (χ2n) is 9.65. The molecule has 2 aromatic rings. The van der Waals surface area contributed by atoms with E-state index in [0.717, 1.165) is 29.1 Å². The Bertz CT molecular complexity index is 1310. The Morgan fingerprint density at radius 1 is 1.09 bits per heavy atom. The maximum Gasteiger partial charge on any atom is 0.251 e. The highest BCUT2D eigenvalue weighted by molar-refractivity contribution is 7.98. The van der Waals surface area contributed by atoms with E-state index in [1.54, 1.807) is 23.0 Å². The normalized spacial score (nSPS) is 30.9. The summed E-state index contributed by atoms with van der Waals surface area (Å²) in [7, 11) is 0. The average molecular weight is 488 g/mol. The van der Waals surface area contributed by atoms with Gasteiger partial charge in [0.15, 0.2) is 11.8 Å². The fourth-order valence-electron chi connectivity index (χ4n) is 5.74. The SMILES string of the molecule is O=C1C=CN2C(C(=O)N3CC[C@@H]4C=C4COc4cccc5c4[C@@H](c4ccccc4SC5)N2C3)C1O. The molecule has 178 valence electrons. The highest BCUT2D eigenvalue weighted by atomic mass is 32.2. The highest BCUT2D eigenvalue weighted by Gasteiger charge is 2.49. The number of fused-ring (bicyclic) bond motifs is 8. The smallest absolute Gasteiger partial charge is 0.251 e. The van der Waals surface area contributed by atoms with E-state index in [4.69, 9.17) is 4.74 Å². The first kappa shape index (κ1) is 21.2. The van der Waals surface area contributed by atoms with Crippen molar-refractivity contribution < 1.29 is 19.4 Å². The third kappa shape index (κ3) is 3.35. The molecule has 4 aliphatic heterocycles. The first-order chi connectivity index (χ1) is 17.1. The van der Waals surface area contributed by atoms with Gasteiger partial charge in [0.25, 0.3) is 5.91 Å². The van der Waals surface area contributed by atoms with Crippen LogP contribution in [0.5, 0.6) is 5.75 Å². The van der Waals surface area contributed by atoms with Gasteiger partial charge in [-0.1, -0.05) is 36.4 Å². The average Bonchev–Trinajstić information content (AvgIpc) is 3.65. The molecule has 35 heavy (non-hydrogen) atoms. The number of carbonyl (C=O) groups excluding carboxylic acids is 2. The van der Waals surface area contributed by atoms with Gasteiger partial charge in [0.05, 0.1) is 12.7 Å². The van der Waals surface area contributed by atoms with Crippen LogP contribution >= 0.6 is 11.8 Å². The minimum atomic E-state index is -1.40. The lowest BCUT2D eigenvalue weighted by atomic mass is 9.92. The van der Waals surface area contributed by atoms with Crippen molar-refractivity contribution >= 4 is 23.5 Å². The molecule has 3 unspecified atom stereocenters. The summed E-state index contributed by atoms with van der Waals surface area (Å²) in [5.74, 6) is 1.35. The molecule has 8 heteroatoms. The Hall–Kier alpha value is -3.07. The maximum atomic E-state index is 13.6. The van der Waals surface area contributed by atoms with E-state index in [-0.39, 0.29) is 11.9 Å². The molecular weight excluding hydrogens is 462 g/mol. The monoisotopic (exact) mass is 487 g/mol. The van der Waals surface area contributed by atoms with Crippen molar-refractivity contribution in [1.29, 1.82) is 0 Å². The van der Waals surface area contributed by atoms with E-state index >= 15 is 0 Å². The number of rotatable bonds is 0. The summed E-state index contributed by atoms with van der Waals surface area (Å²) in [6, 6.07) is 13.4. The van der Waals surface area contributed by atoms with Crippen LogP contribution in [0.3, 0.4) is 0 Å². The molecule has 2 bridgehead atoms. The standard InChI is InChI=1S/C27H25N3O4S/c31-20-9-11-29-25(26(20)32)27(33)28-10-8-16-12-18(16)13-34-21-6-3-4-17-14-35-22-7-2-1-5-19(22)24(23(17)21)30(29)15-28/h1-7,9,11-12,16,24-26,32H,8,10,13-15H2/t16-,24-,25?,26?/m1/s1. The van der Waals surface area contributed by atoms with E-state index in [0.29, 0.717) is 25.7 Å². The van der Waals surface area contributed by atoms with Crippen LogP contribution in [0.1, 0.15) is 29.2 Å². The number of hydrogen-bond donors (Lipinski definition) is 1. The Morgan fingerprint density at radius 3 is 2.89 bits per heavy atom. The van der Waals surface area contributed by atoms with Crippen molar-refractivity contribution in [1.82, 2.24) is 14.9 Å². The van der Waals surface area contributed by atoms with Gasteiger partial charge in [-0.2, -0.15) is 5.01 Å². The molecule has 2 aromatic carbocycles. The van der Waals surface area contributed by atoms with Gasteiger partial charge in [0.2, 0.25) is 0 Å². The third-order valence-corrected chi connectivity index (χ3v) is 8.79. The fourth-order valence-corrected chi connectivity index (χ4v) is 6.82. The predicted octanol–water partition coefficient (Wildman–Crippen LogP) is 2.87. The van der Waals surface area contributed by atoms with Crippen molar-refractivity contribution in [2.24, 2.45) is 5.92 Å². The number of aliphatic hydroxyl groups is 1. The summed E-state index contributed by atoms with van der Waals surface area (Å²) in [6.07, 6.45) is 4.66. The van der Waals surface area contributed by atoms with Crippen LogP contribution in [0.15, 0.2) is 71.3 Å². The molecule has 0 aromatic heterocycles. The van der Waals surface area contributed by atoms with Crippen LogP contribution in [0, 0.1) is 5.92 Å². The second-order valence-corrected chi connectivity index (χ2v) is 10.7. The molecule has 1 saturated heterocycles. The topological polar surface area (TPSA) is 73.3 Å². The van der Waals surface area contributed by atoms with E-state index < -0.39 is 17.9 Å². The lowest BCUT2D eigenvalue weighted by Gasteiger charge is -2.52. The molecule has 7 rings (SSSR count). The molecule has 1 amide bonds. The summed E-state index contributed by atoms with van der Waals surface area (Å²) in [4.78, 5) is 29.0. The molecule has 1 aliphatic carbocycles. The third-order valence-electron chi connectivity index (χ3n) is 7.66. The zero-order valence-corrected chi connectivity index (χ0v) is 19.9. The molecule has 0 saturated carbocycles. The van der Waals surface area contributed by atoms with Gasteiger partial charge in [-0.15, -0.1) is 11.8 Å². The number of ketones is 1. The van der Waals surface area contributed by atoms with E-state index in [1.807, 2.05) is 29.2 Å². The van der Waals surface area contributed by atoms with Gasteiger partial charge in [-0.05, 0) is 35.3 Å². The molecule has 0 radical (unpaired) electrons. The Morgan fingerprint density at radius 2 is 1.97 bits per heavy atom.